The smallest absolute Gasteiger partial charge is 0.233 e. The van der Waals surface area contributed by atoms with Crippen LogP contribution in [0.1, 0.15) is 29.5 Å². The molecule has 0 amide bonds. The summed E-state index contributed by atoms with van der Waals surface area (Å²) in [4.78, 5) is 12.9. The lowest BCUT2D eigenvalue weighted by molar-refractivity contribution is 0.249. The fourth-order valence-electron chi connectivity index (χ4n) is 2.98. The second kappa shape index (κ2) is 5.00. The summed E-state index contributed by atoms with van der Waals surface area (Å²) in [5.74, 6) is 0.786. The van der Waals surface area contributed by atoms with E-state index in [0.717, 1.165) is 24.6 Å². The van der Waals surface area contributed by atoms with E-state index in [-0.39, 0.29) is 0 Å². The number of hydrogen-bond acceptors (Lipinski definition) is 4. The van der Waals surface area contributed by atoms with Crippen molar-refractivity contribution in [3.8, 4) is 0 Å². The Bertz CT molecular complexity index is 671. The van der Waals surface area contributed by atoms with E-state index < -0.39 is 0 Å². The van der Waals surface area contributed by atoms with E-state index >= 15 is 0 Å². The number of hydrogen-bond donors (Lipinski definition) is 0. The second-order valence-electron chi connectivity index (χ2n) is 5.20. The molecule has 20 heavy (non-hydrogen) atoms. The normalized spacial score (nSPS) is 19.9. The van der Waals surface area contributed by atoms with Crippen LogP contribution in [0.2, 0.25) is 0 Å². The van der Waals surface area contributed by atoms with Gasteiger partial charge in [-0.2, -0.15) is 0 Å². The molecule has 0 N–H and O–H groups in total. The summed E-state index contributed by atoms with van der Waals surface area (Å²) in [5, 5.41) is 2.17. The first kappa shape index (κ1) is 12.1. The number of fused-ring (bicyclic) bond motifs is 1. The number of aromatic nitrogens is 3. The van der Waals surface area contributed by atoms with Gasteiger partial charge in [0, 0.05) is 36.1 Å². The van der Waals surface area contributed by atoms with Crippen LogP contribution >= 0.6 is 11.3 Å². The summed E-state index contributed by atoms with van der Waals surface area (Å²) in [6, 6.07) is 6.89. The molecule has 4 rings (SSSR count). The summed E-state index contributed by atoms with van der Waals surface area (Å²) >= 11 is 1.86. The largest absolute Gasteiger partial charge is 0.291 e. The molecule has 0 aliphatic carbocycles. The summed E-state index contributed by atoms with van der Waals surface area (Å²) in [6.45, 7) is 2.07. The van der Waals surface area contributed by atoms with Crippen molar-refractivity contribution in [2.45, 2.75) is 25.4 Å². The Morgan fingerprint density at radius 3 is 3.20 bits per heavy atom. The molecule has 102 valence electrons. The molecule has 0 radical (unpaired) electrons. The van der Waals surface area contributed by atoms with Crippen LogP contribution in [0.4, 0.5) is 0 Å². The van der Waals surface area contributed by atoms with Crippen LogP contribution in [0.5, 0.6) is 0 Å². The minimum absolute atomic E-state index is 0.563. The fraction of sp³-hybridized carbons (Fsp3) is 0.333. The predicted octanol–water partition coefficient (Wildman–Crippen LogP) is 3.13. The zero-order valence-electron chi connectivity index (χ0n) is 11.1. The average Bonchev–Trinajstić information content (AvgIpc) is 3.18. The molecule has 1 atom stereocenters. The lowest BCUT2D eigenvalue weighted by atomic mass is 10.2. The number of nitrogens with zero attached hydrogens (tertiary/aromatic N) is 4. The molecule has 5 heteroatoms. The van der Waals surface area contributed by atoms with Gasteiger partial charge in [-0.3, -0.25) is 9.30 Å². The molecule has 1 saturated heterocycles. The SMILES string of the molecule is c1csc(C2CCCN2Cc2cn3cccnc3n2)c1. The maximum atomic E-state index is 4.61. The number of likely N-dealkylation sites (tertiary alicyclic amines) is 1. The van der Waals surface area contributed by atoms with Crippen molar-refractivity contribution >= 4 is 17.1 Å². The molecule has 1 aliphatic heterocycles. The van der Waals surface area contributed by atoms with Gasteiger partial charge in [0.15, 0.2) is 0 Å². The highest BCUT2D eigenvalue weighted by Gasteiger charge is 2.27. The summed E-state index contributed by atoms with van der Waals surface area (Å²) < 4.78 is 1.99. The maximum absolute atomic E-state index is 4.61. The van der Waals surface area contributed by atoms with Crippen molar-refractivity contribution in [2.75, 3.05) is 6.54 Å². The average molecular weight is 284 g/mol. The van der Waals surface area contributed by atoms with Gasteiger partial charge in [-0.05, 0) is 36.9 Å². The Kier molecular flexibility index (Phi) is 3.01. The van der Waals surface area contributed by atoms with E-state index in [9.17, 15) is 0 Å². The van der Waals surface area contributed by atoms with Crippen LogP contribution in [0, 0.1) is 0 Å². The third-order valence-corrected chi connectivity index (χ3v) is 4.86. The van der Waals surface area contributed by atoms with Gasteiger partial charge >= 0.3 is 0 Å². The van der Waals surface area contributed by atoms with Gasteiger partial charge in [-0.15, -0.1) is 11.3 Å². The van der Waals surface area contributed by atoms with E-state index in [1.165, 1.54) is 17.7 Å². The van der Waals surface area contributed by atoms with E-state index in [0.29, 0.717) is 6.04 Å². The van der Waals surface area contributed by atoms with Gasteiger partial charge in [-0.25, -0.2) is 9.97 Å². The molecule has 4 heterocycles. The van der Waals surface area contributed by atoms with Crippen LogP contribution < -0.4 is 0 Å². The highest BCUT2D eigenvalue weighted by atomic mass is 32.1. The van der Waals surface area contributed by atoms with Crippen LogP contribution in [0.15, 0.2) is 42.2 Å². The molecule has 1 aliphatic rings. The molecule has 1 fully saturated rings. The first-order valence-corrected chi connectivity index (χ1v) is 7.84. The minimum atomic E-state index is 0.563. The Balaban J connectivity index is 1.58. The fourth-order valence-corrected chi connectivity index (χ4v) is 3.88. The topological polar surface area (TPSA) is 33.4 Å². The molecule has 3 aromatic rings. The Morgan fingerprint density at radius 2 is 2.35 bits per heavy atom. The molecule has 1 unspecified atom stereocenters. The molecule has 4 nitrogen and oxygen atoms in total. The first-order valence-electron chi connectivity index (χ1n) is 6.96. The Morgan fingerprint density at radius 1 is 1.35 bits per heavy atom. The molecular formula is C15H16N4S. The number of thiophene rings is 1. The molecule has 3 aromatic heterocycles. The molecule has 0 saturated carbocycles. The zero-order chi connectivity index (χ0) is 13.4. The Labute approximate surface area is 121 Å². The highest BCUT2D eigenvalue weighted by molar-refractivity contribution is 7.10. The maximum Gasteiger partial charge on any atom is 0.233 e. The quantitative estimate of drug-likeness (QED) is 0.741. The van der Waals surface area contributed by atoms with E-state index in [4.69, 9.17) is 0 Å². The molecule has 0 spiro atoms. The number of imidazole rings is 1. The van der Waals surface area contributed by atoms with Crippen molar-refractivity contribution < 1.29 is 0 Å². The zero-order valence-corrected chi connectivity index (χ0v) is 12.0. The van der Waals surface area contributed by atoms with Crippen LogP contribution in [0.3, 0.4) is 0 Å². The van der Waals surface area contributed by atoms with Crippen molar-refractivity contribution in [2.24, 2.45) is 0 Å². The van der Waals surface area contributed by atoms with E-state index in [2.05, 4.69) is 38.6 Å². The Hall–Kier alpha value is -1.72. The monoisotopic (exact) mass is 284 g/mol. The van der Waals surface area contributed by atoms with Gasteiger partial charge in [0.2, 0.25) is 5.78 Å². The lowest BCUT2D eigenvalue weighted by Gasteiger charge is -2.22. The molecule has 0 aromatic carbocycles. The summed E-state index contributed by atoms with van der Waals surface area (Å²) in [5.41, 5.74) is 1.10. The second-order valence-corrected chi connectivity index (χ2v) is 6.18. The van der Waals surface area contributed by atoms with Crippen molar-refractivity contribution in [1.29, 1.82) is 0 Å². The van der Waals surface area contributed by atoms with Gasteiger partial charge in [0.25, 0.3) is 0 Å². The molecular weight excluding hydrogens is 268 g/mol. The van der Waals surface area contributed by atoms with Crippen molar-refractivity contribution in [3.05, 3.63) is 52.7 Å². The lowest BCUT2D eigenvalue weighted by Crippen LogP contribution is -2.22. The standard InChI is InChI=1S/C15H16N4S/c1-4-13(14-5-2-9-20-14)18(7-1)10-12-11-19-8-3-6-16-15(19)17-12/h2-3,5-6,8-9,11,13H,1,4,7,10H2. The van der Waals surface area contributed by atoms with Crippen LogP contribution in [-0.4, -0.2) is 25.8 Å². The number of rotatable bonds is 3. The van der Waals surface area contributed by atoms with E-state index in [1.807, 2.05) is 28.0 Å². The van der Waals surface area contributed by atoms with Gasteiger partial charge in [0.1, 0.15) is 0 Å². The molecule has 0 bridgehead atoms. The van der Waals surface area contributed by atoms with Gasteiger partial charge in [0.05, 0.1) is 5.69 Å². The van der Waals surface area contributed by atoms with E-state index in [1.54, 1.807) is 6.20 Å². The first-order chi connectivity index (χ1) is 9.90. The minimum Gasteiger partial charge on any atom is -0.291 e. The van der Waals surface area contributed by atoms with Gasteiger partial charge in [-0.1, -0.05) is 6.07 Å². The third kappa shape index (κ3) is 2.13. The summed E-state index contributed by atoms with van der Waals surface area (Å²) in [7, 11) is 0. The highest BCUT2D eigenvalue weighted by Crippen LogP contribution is 2.35. The van der Waals surface area contributed by atoms with Crippen molar-refractivity contribution in [3.63, 3.8) is 0 Å². The van der Waals surface area contributed by atoms with Crippen LogP contribution in [-0.2, 0) is 6.54 Å². The third-order valence-electron chi connectivity index (χ3n) is 3.89. The van der Waals surface area contributed by atoms with Gasteiger partial charge < -0.3 is 0 Å². The van der Waals surface area contributed by atoms with Crippen LogP contribution in [0.25, 0.3) is 5.78 Å². The summed E-state index contributed by atoms with van der Waals surface area (Å²) in [6.07, 6.45) is 8.41. The predicted molar refractivity (Wildman–Crippen MR) is 79.7 cm³/mol. The van der Waals surface area contributed by atoms with Crippen molar-refractivity contribution in [1.82, 2.24) is 19.3 Å².